The number of ether oxygens (including phenoxy) is 1. The Balaban J connectivity index is 2.41. The summed E-state index contributed by atoms with van der Waals surface area (Å²) >= 11 is 1.73. The third kappa shape index (κ3) is 3.91. The van der Waals surface area contributed by atoms with Gasteiger partial charge in [-0.2, -0.15) is 11.8 Å². The molecular weight excluding hydrogens is 222 g/mol. The van der Waals surface area contributed by atoms with E-state index in [4.69, 9.17) is 4.74 Å². The standard InChI is InChI=1S/C12H25NO2S/c1-4-11(10-5-6-15-8-10)13-9(2)12(7-14)16-3/h9-14H,4-8H2,1-3H3. The van der Waals surface area contributed by atoms with Crippen LogP contribution >= 0.6 is 11.8 Å². The van der Waals surface area contributed by atoms with Gasteiger partial charge in [0.15, 0.2) is 0 Å². The largest absolute Gasteiger partial charge is 0.395 e. The second-order valence-electron chi connectivity index (χ2n) is 4.55. The van der Waals surface area contributed by atoms with Crippen molar-refractivity contribution in [2.24, 2.45) is 5.92 Å². The van der Waals surface area contributed by atoms with Gasteiger partial charge in [0.2, 0.25) is 0 Å². The molecule has 1 heterocycles. The van der Waals surface area contributed by atoms with E-state index in [1.807, 2.05) is 0 Å². The molecule has 0 bridgehead atoms. The predicted octanol–water partition coefficient (Wildman–Crippen LogP) is 1.50. The molecule has 1 fully saturated rings. The Kier molecular flexibility index (Phi) is 6.73. The summed E-state index contributed by atoms with van der Waals surface area (Å²) in [5, 5.41) is 13.2. The molecule has 0 aromatic heterocycles. The fourth-order valence-electron chi connectivity index (χ4n) is 2.34. The van der Waals surface area contributed by atoms with Crippen LogP contribution in [-0.2, 0) is 4.74 Å². The molecule has 0 amide bonds. The highest BCUT2D eigenvalue weighted by Gasteiger charge is 2.27. The minimum Gasteiger partial charge on any atom is -0.395 e. The van der Waals surface area contributed by atoms with Gasteiger partial charge in [-0.1, -0.05) is 6.92 Å². The topological polar surface area (TPSA) is 41.5 Å². The number of thioether (sulfide) groups is 1. The van der Waals surface area contributed by atoms with E-state index in [-0.39, 0.29) is 11.9 Å². The average Bonchev–Trinajstić information content (AvgIpc) is 2.81. The summed E-state index contributed by atoms with van der Waals surface area (Å²) in [6.07, 6.45) is 4.35. The molecule has 0 saturated carbocycles. The molecule has 2 N–H and O–H groups in total. The van der Waals surface area contributed by atoms with E-state index < -0.39 is 0 Å². The van der Waals surface area contributed by atoms with Gasteiger partial charge in [-0.25, -0.2) is 0 Å². The second-order valence-corrected chi connectivity index (χ2v) is 5.63. The maximum Gasteiger partial charge on any atom is 0.0564 e. The van der Waals surface area contributed by atoms with Gasteiger partial charge in [0, 0.05) is 23.9 Å². The summed E-state index contributed by atoms with van der Waals surface area (Å²) in [5.41, 5.74) is 0. The molecule has 1 rings (SSSR count). The highest BCUT2D eigenvalue weighted by Crippen LogP contribution is 2.20. The van der Waals surface area contributed by atoms with E-state index in [1.165, 1.54) is 6.42 Å². The van der Waals surface area contributed by atoms with Crippen LogP contribution in [0.5, 0.6) is 0 Å². The highest BCUT2D eigenvalue weighted by atomic mass is 32.2. The van der Waals surface area contributed by atoms with Gasteiger partial charge in [0.1, 0.15) is 0 Å². The molecule has 1 aliphatic heterocycles. The minimum absolute atomic E-state index is 0.243. The SMILES string of the molecule is CCC(NC(C)C(CO)SC)C1CCOC1. The lowest BCUT2D eigenvalue weighted by atomic mass is 9.96. The van der Waals surface area contributed by atoms with E-state index >= 15 is 0 Å². The van der Waals surface area contributed by atoms with Gasteiger partial charge >= 0.3 is 0 Å². The lowest BCUT2D eigenvalue weighted by molar-refractivity contribution is 0.172. The van der Waals surface area contributed by atoms with Crippen molar-refractivity contribution in [3.05, 3.63) is 0 Å². The van der Waals surface area contributed by atoms with Crippen LogP contribution in [0.4, 0.5) is 0 Å². The van der Waals surface area contributed by atoms with Crippen LogP contribution < -0.4 is 5.32 Å². The number of aliphatic hydroxyl groups excluding tert-OH is 1. The molecule has 4 unspecified atom stereocenters. The van der Waals surface area contributed by atoms with Crippen molar-refractivity contribution in [3.8, 4) is 0 Å². The van der Waals surface area contributed by atoms with Crippen molar-refractivity contribution in [1.29, 1.82) is 0 Å². The van der Waals surface area contributed by atoms with E-state index in [1.54, 1.807) is 11.8 Å². The lowest BCUT2D eigenvalue weighted by Gasteiger charge is -2.29. The van der Waals surface area contributed by atoms with E-state index in [0.29, 0.717) is 18.0 Å². The Morgan fingerprint density at radius 2 is 2.31 bits per heavy atom. The summed E-state index contributed by atoms with van der Waals surface area (Å²) in [6.45, 7) is 6.42. The molecule has 0 aromatic rings. The molecule has 16 heavy (non-hydrogen) atoms. The minimum atomic E-state index is 0.243. The lowest BCUT2D eigenvalue weighted by Crippen LogP contribution is -2.46. The summed E-state index contributed by atoms with van der Waals surface area (Å²) in [7, 11) is 0. The van der Waals surface area contributed by atoms with Gasteiger partial charge in [-0.15, -0.1) is 0 Å². The first kappa shape index (κ1) is 14.3. The van der Waals surface area contributed by atoms with Gasteiger partial charge in [0.25, 0.3) is 0 Å². The number of hydrogen-bond donors (Lipinski definition) is 2. The molecule has 4 heteroatoms. The monoisotopic (exact) mass is 247 g/mol. The predicted molar refractivity (Wildman–Crippen MR) is 70.0 cm³/mol. The first-order valence-electron chi connectivity index (χ1n) is 6.20. The molecule has 96 valence electrons. The highest BCUT2D eigenvalue weighted by molar-refractivity contribution is 7.99. The Morgan fingerprint density at radius 3 is 2.75 bits per heavy atom. The van der Waals surface area contributed by atoms with Crippen LogP contribution in [0, 0.1) is 5.92 Å². The van der Waals surface area contributed by atoms with E-state index in [9.17, 15) is 5.11 Å². The summed E-state index contributed by atoms with van der Waals surface area (Å²) in [4.78, 5) is 0. The molecule has 0 radical (unpaired) electrons. The smallest absolute Gasteiger partial charge is 0.0564 e. The Hall–Kier alpha value is 0.230. The van der Waals surface area contributed by atoms with Gasteiger partial charge < -0.3 is 15.2 Å². The fraction of sp³-hybridized carbons (Fsp3) is 1.00. The average molecular weight is 247 g/mol. The van der Waals surface area contributed by atoms with Crippen molar-refractivity contribution in [2.75, 3.05) is 26.1 Å². The van der Waals surface area contributed by atoms with Crippen molar-refractivity contribution >= 4 is 11.8 Å². The van der Waals surface area contributed by atoms with Gasteiger partial charge in [-0.05, 0) is 31.9 Å². The van der Waals surface area contributed by atoms with E-state index in [2.05, 4.69) is 25.4 Å². The molecule has 0 aromatic carbocycles. The van der Waals surface area contributed by atoms with Crippen LogP contribution in [0.1, 0.15) is 26.7 Å². The molecule has 1 saturated heterocycles. The van der Waals surface area contributed by atoms with Gasteiger partial charge in [0.05, 0.1) is 13.2 Å². The zero-order valence-corrected chi connectivity index (χ0v) is 11.4. The normalized spacial score (nSPS) is 26.6. The molecule has 1 aliphatic rings. The first-order valence-corrected chi connectivity index (χ1v) is 7.49. The summed E-state index contributed by atoms with van der Waals surface area (Å²) < 4.78 is 5.44. The van der Waals surface area contributed by atoms with Gasteiger partial charge in [-0.3, -0.25) is 0 Å². The summed E-state index contributed by atoms with van der Waals surface area (Å²) in [6, 6.07) is 0.879. The maximum absolute atomic E-state index is 9.26. The maximum atomic E-state index is 9.26. The fourth-order valence-corrected chi connectivity index (χ4v) is 2.98. The van der Waals surface area contributed by atoms with Crippen molar-refractivity contribution in [3.63, 3.8) is 0 Å². The summed E-state index contributed by atoms with van der Waals surface area (Å²) in [5.74, 6) is 0.647. The number of nitrogens with one attached hydrogen (secondary N) is 1. The number of hydrogen-bond acceptors (Lipinski definition) is 4. The number of aliphatic hydroxyl groups is 1. The Morgan fingerprint density at radius 1 is 1.56 bits per heavy atom. The molecular formula is C12H25NO2S. The van der Waals surface area contributed by atoms with Crippen LogP contribution in [0.15, 0.2) is 0 Å². The Bertz CT molecular complexity index is 182. The van der Waals surface area contributed by atoms with Crippen LogP contribution in [0.25, 0.3) is 0 Å². The molecule has 0 aliphatic carbocycles. The zero-order valence-electron chi connectivity index (χ0n) is 10.6. The second kappa shape index (κ2) is 7.54. The van der Waals surface area contributed by atoms with Crippen molar-refractivity contribution in [2.45, 2.75) is 44.0 Å². The quantitative estimate of drug-likeness (QED) is 0.715. The zero-order chi connectivity index (χ0) is 12.0. The third-order valence-corrected chi connectivity index (χ3v) is 4.65. The third-order valence-electron chi connectivity index (χ3n) is 3.49. The molecule has 3 nitrogen and oxygen atoms in total. The van der Waals surface area contributed by atoms with Crippen molar-refractivity contribution in [1.82, 2.24) is 5.32 Å². The van der Waals surface area contributed by atoms with Crippen LogP contribution in [0.2, 0.25) is 0 Å². The number of rotatable bonds is 7. The van der Waals surface area contributed by atoms with Crippen LogP contribution in [0.3, 0.4) is 0 Å². The Labute approximate surface area is 103 Å². The molecule has 0 spiro atoms. The van der Waals surface area contributed by atoms with Crippen LogP contribution in [-0.4, -0.2) is 48.5 Å². The molecule has 4 atom stereocenters. The first-order chi connectivity index (χ1) is 7.72. The van der Waals surface area contributed by atoms with Crippen molar-refractivity contribution < 1.29 is 9.84 Å². The van der Waals surface area contributed by atoms with E-state index in [0.717, 1.165) is 19.6 Å².